The van der Waals surface area contributed by atoms with Gasteiger partial charge in [-0.2, -0.15) is 5.26 Å². The van der Waals surface area contributed by atoms with Crippen LogP contribution in [0.1, 0.15) is 80.4 Å². The molecule has 5 heteroatoms. The molecule has 2 saturated carbocycles. The highest BCUT2D eigenvalue weighted by molar-refractivity contribution is 9.10. The molecule has 31 heavy (non-hydrogen) atoms. The molecule has 1 aliphatic heterocycles. The first-order chi connectivity index (χ1) is 15.0. The van der Waals surface area contributed by atoms with Gasteiger partial charge in [-0.05, 0) is 76.9 Å². The molecule has 2 fully saturated rings. The van der Waals surface area contributed by atoms with E-state index in [4.69, 9.17) is 0 Å². The predicted octanol–water partition coefficient (Wildman–Crippen LogP) is 6.43. The standard InChI is InChI=1S/C26H25BrN2O2/c27-22-5-4-6-23(20(22)16-28)29-24-15-18(17-7-10-19(30)11-8-17)9-12-21(24)26(25(29)31)13-2-1-3-14-26/h4-6,9,12,15,17H,1-3,7-8,10-11,13-14H2. The third-order valence-corrected chi connectivity index (χ3v) is 8.12. The van der Waals surface area contributed by atoms with Crippen LogP contribution in [-0.4, -0.2) is 11.7 Å². The van der Waals surface area contributed by atoms with Gasteiger partial charge in [-0.15, -0.1) is 0 Å². The summed E-state index contributed by atoms with van der Waals surface area (Å²) < 4.78 is 0.702. The lowest BCUT2D eigenvalue weighted by Gasteiger charge is -2.32. The molecule has 4 nitrogen and oxygen atoms in total. The number of carbonyl (C=O) groups excluding carboxylic acids is 2. The van der Waals surface area contributed by atoms with E-state index in [1.165, 1.54) is 12.0 Å². The zero-order chi connectivity index (χ0) is 21.6. The van der Waals surface area contributed by atoms with E-state index < -0.39 is 5.41 Å². The number of ketones is 1. The van der Waals surface area contributed by atoms with Gasteiger partial charge in [-0.25, -0.2) is 0 Å². The molecule has 0 bridgehead atoms. The van der Waals surface area contributed by atoms with Crippen LogP contribution in [-0.2, 0) is 15.0 Å². The van der Waals surface area contributed by atoms with Gasteiger partial charge in [0.15, 0.2) is 0 Å². The monoisotopic (exact) mass is 476 g/mol. The quantitative estimate of drug-likeness (QED) is 0.501. The Morgan fingerprint density at radius 1 is 1.00 bits per heavy atom. The molecule has 0 saturated heterocycles. The molecule has 0 N–H and O–H groups in total. The smallest absolute Gasteiger partial charge is 0.242 e. The van der Waals surface area contributed by atoms with Crippen LogP contribution in [0.5, 0.6) is 0 Å². The molecule has 0 aromatic heterocycles. The van der Waals surface area contributed by atoms with E-state index in [1.54, 1.807) is 4.90 Å². The van der Waals surface area contributed by atoms with Gasteiger partial charge in [0, 0.05) is 17.3 Å². The van der Waals surface area contributed by atoms with Gasteiger partial charge in [0.05, 0.1) is 22.4 Å². The van der Waals surface area contributed by atoms with Crippen LogP contribution in [0, 0.1) is 11.3 Å². The minimum Gasteiger partial charge on any atom is -0.300 e. The maximum absolute atomic E-state index is 14.0. The van der Waals surface area contributed by atoms with Gasteiger partial charge in [0.25, 0.3) is 0 Å². The molecule has 0 unspecified atom stereocenters. The van der Waals surface area contributed by atoms with Crippen molar-refractivity contribution < 1.29 is 9.59 Å². The summed E-state index contributed by atoms with van der Waals surface area (Å²) in [6, 6.07) is 14.4. The summed E-state index contributed by atoms with van der Waals surface area (Å²) in [6.45, 7) is 0. The normalized spacial score (nSPS) is 20.7. The number of amides is 1. The van der Waals surface area contributed by atoms with Gasteiger partial charge in [0.2, 0.25) is 5.91 Å². The maximum Gasteiger partial charge on any atom is 0.242 e. The fourth-order valence-electron chi connectivity index (χ4n) is 5.79. The highest BCUT2D eigenvalue weighted by Crippen LogP contribution is 2.54. The lowest BCUT2D eigenvalue weighted by molar-refractivity contribution is -0.123. The number of anilines is 2. The molecule has 3 aliphatic rings. The molecule has 5 rings (SSSR count). The number of carbonyl (C=O) groups is 2. The van der Waals surface area contributed by atoms with Crippen molar-refractivity contribution in [3.8, 4) is 6.07 Å². The second-order valence-electron chi connectivity index (χ2n) is 9.12. The Bertz CT molecular complexity index is 1100. The number of halogens is 1. The van der Waals surface area contributed by atoms with Gasteiger partial charge >= 0.3 is 0 Å². The molecule has 2 aromatic carbocycles. The third-order valence-electron chi connectivity index (χ3n) is 7.46. The Hall–Kier alpha value is -2.45. The summed E-state index contributed by atoms with van der Waals surface area (Å²) in [6.07, 6.45) is 8.01. The van der Waals surface area contributed by atoms with Crippen LogP contribution in [0.3, 0.4) is 0 Å². The van der Waals surface area contributed by atoms with Crippen LogP contribution in [0.4, 0.5) is 11.4 Å². The van der Waals surface area contributed by atoms with Crippen LogP contribution in [0.25, 0.3) is 0 Å². The number of hydrogen-bond acceptors (Lipinski definition) is 3. The molecule has 158 valence electrons. The number of benzene rings is 2. The predicted molar refractivity (Wildman–Crippen MR) is 123 cm³/mol. The minimum atomic E-state index is -0.482. The Labute approximate surface area is 191 Å². The molecule has 1 heterocycles. The fraction of sp³-hybridized carbons (Fsp3) is 0.423. The van der Waals surface area contributed by atoms with Gasteiger partial charge in [0.1, 0.15) is 11.9 Å². The number of fused-ring (bicyclic) bond motifs is 2. The largest absolute Gasteiger partial charge is 0.300 e. The van der Waals surface area contributed by atoms with E-state index >= 15 is 0 Å². The fourth-order valence-corrected chi connectivity index (χ4v) is 6.24. The zero-order valence-corrected chi connectivity index (χ0v) is 19.1. The average molecular weight is 477 g/mol. The summed E-state index contributed by atoms with van der Waals surface area (Å²) in [5, 5.41) is 9.83. The third kappa shape index (κ3) is 3.24. The Balaban J connectivity index is 1.66. The maximum atomic E-state index is 14.0. The van der Waals surface area contributed by atoms with Crippen molar-refractivity contribution in [1.82, 2.24) is 0 Å². The lowest BCUT2D eigenvalue weighted by Crippen LogP contribution is -2.40. The van der Waals surface area contributed by atoms with Crippen LogP contribution in [0.2, 0.25) is 0 Å². The number of nitriles is 1. The Morgan fingerprint density at radius 2 is 1.74 bits per heavy atom. The Kier molecular flexibility index (Phi) is 5.22. The van der Waals surface area contributed by atoms with Gasteiger partial charge in [-0.1, -0.05) is 37.5 Å². The summed E-state index contributed by atoms with van der Waals surface area (Å²) in [7, 11) is 0. The summed E-state index contributed by atoms with van der Waals surface area (Å²) in [4.78, 5) is 27.5. The van der Waals surface area contributed by atoms with Crippen LogP contribution in [0.15, 0.2) is 40.9 Å². The molecule has 0 atom stereocenters. The van der Waals surface area contributed by atoms with E-state index in [1.807, 2.05) is 18.2 Å². The van der Waals surface area contributed by atoms with Crippen molar-refractivity contribution in [3.63, 3.8) is 0 Å². The summed E-state index contributed by atoms with van der Waals surface area (Å²) >= 11 is 3.49. The number of nitrogens with zero attached hydrogens (tertiary/aromatic N) is 2. The van der Waals surface area contributed by atoms with Crippen molar-refractivity contribution in [3.05, 3.63) is 57.6 Å². The first-order valence-corrected chi connectivity index (χ1v) is 12.0. The second-order valence-corrected chi connectivity index (χ2v) is 9.97. The summed E-state index contributed by atoms with van der Waals surface area (Å²) in [5.74, 6) is 0.803. The van der Waals surface area contributed by atoms with E-state index in [9.17, 15) is 14.9 Å². The second kappa shape index (κ2) is 7.91. The van der Waals surface area contributed by atoms with Gasteiger partial charge < -0.3 is 0 Å². The SMILES string of the molecule is N#Cc1c(Br)cccc1N1C(=O)C2(CCCCC2)c2ccc(C3CCC(=O)CC3)cc21. The molecule has 2 aliphatic carbocycles. The molecule has 1 amide bonds. The van der Waals surface area contributed by atoms with Crippen molar-refractivity contribution in [2.24, 2.45) is 0 Å². The number of hydrogen-bond donors (Lipinski definition) is 0. The lowest BCUT2D eigenvalue weighted by atomic mass is 9.70. The molecule has 1 spiro atoms. The van der Waals surface area contributed by atoms with Crippen LogP contribution < -0.4 is 4.90 Å². The minimum absolute atomic E-state index is 0.104. The Morgan fingerprint density at radius 3 is 2.45 bits per heavy atom. The van der Waals surface area contributed by atoms with E-state index in [0.717, 1.165) is 49.8 Å². The summed E-state index contributed by atoms with van der Waals surface area (Å²) in [5.41, 5.74) is 3.90. The van der Waals surface area contributed by atoms with Crippen LogP contribution >= 0.6 is 15.9 Å². The van der Waals surface area contributed by atoms with E-state index in [2.05, 4.69) is 40.2 Å². The highest BCUT2D eigenvalue weighted by Gasteiger charge is 2.52. The van der Waals surface area contributed by atoms with Crippen molar-refractivity contribution >= 4 is 39.0 Å². The topological polar surface area (TPSA) is 61.2 Å². The first-order valence-electron chi connectivity index (χ1n) is 11.2. The molecular formula is C26H25BrN2O2. The first kappa shape index (κ1) is 20.5. The average Bonchev–Trinajstić information content (AvgIpc) is 3.02. The number of rotatable bonds is 2. The highest BCUT2D eigenvalue weighted by atomic mass is 79.9. The number of Topliss-reactive ketones (excluding diaryl/α,β-unsaturated/α-hetero) is 1. The van der Waals surface area contributed by atoms with E-state index in [-0.39, 0.29) is 5.91 Å². The van der Waals surface area contributed by atoms with Gasteiger partial charge in [-0.3, -0.25) is 14.5 Å². The molecule has 2 aromatic rings. The van der Waals surface area contributed by atoms with Crippen molar-refractivity contribution in [1.29, 1.82) is 5.26 Å². The van der Waals surface area contributed by atoms with Crippen molar-refractivity contribution in [2.75, 3.05) is 4.90 Å². The molecular weight excluding hydrogens is 452 g/mol. The molecule has 0 radical (unpaired) electrons. The van der Waals surface area contributed by atoms with Crippen molar-refractivity contribution in [2.45, 2.75) is 69.1 Å². The zero-order valence-electron chi connectivity index (χ0n) is 17.5. The van der Waals surface area contributed by atoms with E-state index in [0.29, 0.717) is 40.3 Å².